The first kappa shape index (κ1) is 59.3. The number of aromatic nitrogens is 17. The highest BCUT2D eigenvalue weighted by molar-refractivity contribution is 14.1. The van der Waals surface area contributed by atoms with Crippen molar-refractivity contribution in [3.8, 4) is 67.5 Å². The lowest BCUT2D eigenvalue weighted by Gasteiger charge is -2.05. The van der Waals surface area contributed by atoms with E-state index in [1.54, 1.807) is 42.5 Å². The van der Waals surface area contributed by atoms with Crippen molar-refractivity contribution >= 4 is 130 Å². The van der Waals surface area contributed by atoms with E-state index >= 15 is 0 Å². The van der Waals surface area contributed by atoms with Crippen LogP contribution in [0.2, 0.25) is 20.1 Å². The molecule has 10 aromatic heterocycles. The number of aryl methyl sites for hydroxylation is 4. The number of fused-ring (bicyclic) bond motifs is 4. The summed E-state index contributed by atoms with van der Waals surface area (Å²) in [4.78, 5) is 4.12. The van der Waals surface area contributed by atoms with Crippen molar-refractivity contribution in [2.24, 2.45) is 28.2 Å². The van der Waals surface area contributed by atoms with E-state index < -0.39 is 0 Å². The van der Waals surface area contributed by atoms with Gasteiger partial charge in [0.25, 0.3) is 0 Å². The number of rotatable bonds is 7. The van der Waals surface area contributed by atoms with Gasteiger partial charge in [0.05, 0.1) is 41.6 Å². The largest absolute Gasteiger partial charge is 0.264 e. The molecule has 17 nitrogen and oxygen atoms in total. The molecule has 0 bridgehead atoms. The van der Waals surface area contributed by atoms with Crippen LogP contribution in [0.3, 0.4) is 0 Å². The summed E-state index contributed by atoms with van der Waals surface area (Å²) >= 11 is 30.0. The van der Waals surface area contributed by atoms with Gasteiger partial charge in [0.15, 0.2) is 22.6 Å². The van der Waals surface area contributed by atoms with E-state index in [1.807, 2.05) is 178 Å². The number of allylic oxidation sites excluding steroid dienone is 2. The van der Waals surface area contributed by atoms with Crippen LogP contribution in [0.4, 0.5) is 0 Å². The Morgan fingerprint density at radius 1 is 0.407 bits per heavy atom. The van der Waals surface area contributed by atoms with Crippen LogP contribution >= 0.6 is 80.3 Å². The fourth-order valence-corrected chi connectivity index (χ4v) is 12.1. The van der Waals surface area contributed by atoms with Gasteiger partial charge < -0.3 is 0 Å². The minimum atomic E-state index is 0. The molecule has 0 saturated carbocycles. The van der Waals surface area contributed by atoms with Crippen LogP contribution in [0, 0.1) is 3.70 Å². The third-order valence-electron chi connectivity index (χ3n) is 14.0. The van der Waals surface area contributed by atoms with E-state index in [9.17, 15) is 0 Å². The molecule has 0 aliphatic heterocycles. The van der Waals surface area contributed by atoms with Gasteiger partial charge in [-0.05, 0) is 71.0 Å². The number of benzene rings is 4. The smallest absolute Gasteiger partial charge is 0.182 e. The van der Waals surface area contributed by atoms with Gasteiger partial charge in [0, 0.05) is 79.3 Å². The second-order valence-electron chi connectivity index (χ2n) is 19.4. The minimum absolute atomic E-state index is 0. The maximum Gasteiger partial charge on any atom is 0.182 e. The molecule has 0 amide bonds. The van der Waals surface area contributed by atoms with E-state index in [1.165, 1.54) is 5.57 Å². The first-order valence-corrected chi connectivity index (χ1v) is 30.0. The Kier molecular flexibility index (Phi) is 18.0. The van der Waals surface area contributed by atoms with Crippen molar-refractivity contribution in [1.82, 2.24) is 84.9 Å². The second-order valence-corrected chi connectivity index (χ2v) is 22.7. The number of nitrogens with zero attached hydrogens (tertiary/aromatic N) is 17. The Bertz CT molecular complexity index is 4730. The van der Waals surface area contributed by atoms with Crippen molar-refractivity contribution in [2.45, 2.75) is 26.7 Å². The number of hydrogen-bond donors (Lipinski definition) is 0. The van der Waals surface area contributed by atoms with Crippen molar-refractivity contribution in [1.29, 1.82) is 0 Å². The molecule has 0 saturated heterocycles. The fraction of sp³-hybridized carbons (Fsp3) is 0.127. The van der Waals surface area contributed by atoms with Crippen LogP contribution in [0.5, 0.6) is 0 Å². The summed E-state index contributed by atoms with van der Waals surface area (Å²) in [6.45, 7) is 0. The number of halogens is 5. The summed E-state index contributed by atoms with van der Waals surface area (Å²) in [5, 5.41) is 62.0. The van der Waals surface area contributed by atoms with Gasteiger partial charge in [0.2, 0.25) is 0 Å². The predicted molar refractivity (Wildman–Crippen MR) is 355 cm³/mol. The summed E-state index contributed by atoms with van der Waals surface area (Å²) < 4.78 is 7.54. The maximum atomic E-state index is 6.69. The maximum absolute atomic E-state index is 6.69. The lowest BCUT2D eigenvalue weighted by molar-refractivity contribution is 0.779. The molecule has 23 heteroatoms. The van der Waals surface area contributed by atoms with Crippen LogP contribution < -0.4 is 0 Å². The molecular formula is C63H50Cl4IN17S. The van der Waals surface area contributed by atoms with E-state index in [-0.39, 0.29) is 7.43 Å². The van der Waals surface area contributed by atoms with Crippen molar-refractivity contribution in [3.05, 3.63) is 198 Å². The SMILES string of the molecule is C.Cn1nc(-c2ccccc2)c2c(Cl)c(-c3cccnc3)nnc21.Cn1nc(-c2ccccc2)c2c(Cl)c(-c3ccsc3)nnc21.Cn1nc(-c2ccccc2)c2c(Cl)c(C3=CCCC3)nnc21.Cn1nc(-c2ccccc2)c2c(Cl)c(I)nnc21. The molecule has 10 heterocycles. The molecule has 86 heavy (non-hydrogen) atoms. The highest BCUT2D eigenvalue weighted by atomic mass is 127. The lowest BCUT2D eigenvalue weighted by atomic mass is 10.1. The zero-order valence-electron chi connectivity index (χ0n) is 45.7. The van der Waals surface area contributed by atoms with Gasteiger partial charge in [-0.15, -0.1) is 40.8 Å². The molecular weight excluding hydrogens is 1300 g/mol. The van der Waals surface area contributed by atoms with Gasteiger partial charge in [0.1, 0.15) is 43.6 Å². The van der Waals surface area contributed by atoms with Gasteiger partial charge in [-0.3, -0.25) is 4.98 Å². The molecule has 1 aliphatic carbocycles. The average molecular weight is 1350 g/mol. The third-order valence-corrected chi connectivity index (χ3v) is 17.2. The zero-order chi connectivity index (χ0) is 58.7. The summed E-state index contributed by atoms with van der Waals surface area (Å²) in [7, 11) is 7.40. The van der Waals surface area contributed by atoms with Crippen LogP contribution in [0.1, 0.15) is 32.4 Å². The third kappa shape index (κ3) is 11.7. The molecule has 4 aromatic carbocycles. The van der Waals surface area contributed by atoms with Gasteiger partial charge >= 0.3 is 0 Å². The summed E-state index contributed by atoms with van der Waals surface area (Å²) in [6.07, 6.45) is 8.90. The number of hydrogen-bond acceptors (Lipinski definition) is 14. The van der Waals surface area contributed by atoms with E-state index in [0.717, 1.165) is 103 Å². The molecule has 14 aromatic rings. The highest BCUT2D eigenvalue weighted by Gasteiger charge is 2.24. The van der Waals surface area contributed by atoms with E-state index in [2.05, 4.69) is 94.8 Å². The Balaban J connectivity index is 0.000000119. The Hall–Kier alpha value is -8.44. The molecule has 0 spiro atoms. The van der Waals surface area contributed by atoms with Gasteiger partial charge in [-0.1, -0.05) is 181 Å². The van der Waals surface area contributed by atoms with E-state index in [4.69, 9.17) is 46.4 Å². The standard InChI is InChI=1S/C17H12ClN5.C17H15ClN4.C16H11ClN4S.C12H8ClIN4.CH4/c1-23-17-13(15(22-23)11-6-3-2-4-7-11)14(18)16(20-21-17)12-8-5-9-19-10-12;1-22-17-13(15(21-22)11-7-3-2-4-8-11)14(18)16(19-20-17)12-9-5-6-10-12;1-21-16-12(14(20-21)10-5-3-2-4-6-10)13(17)15(18-19-16)11-7-8-22-9-11;1-18-12-8(9(13)11(14)15-16-12)10(17-18)7-5-3-2-4-6-7;/h2-10H,1H3;2-4,7-9H,5-6,10H2,1H3;2-9H,1H3;2-6H,1H3;1H4. The lowest BCUT2D eigenvalue weighted by Crippen LogP contribution is -1.97. The number of pyridine rings is 1. The number of thiophene rings is 1. The quantitative estimate of drug-likeness (QED) is 0.137. The normalized spacial score (nSPS) is 11.8. The highest BCUT2D eigenvalue weighted by Crippen LogP contribution is 2.41. The second kappa shape index (κ2) is 26.0. The molecule has 428 valence electrons. The summed E-state index contributed by atoms with van der Waals surface area (Å²) in [6, 6.07) is 45.6. The first-order valence-electron chi connectivity index (χ1n) is 26.5. The molecule has 0 radical (unpaired) electrons. The first-order chi connectivity index (χ1) is 41.4. The van der Waals surface area contributed by atoms with Crippen LogP contribution in [-0.4, -0.2) is 84.9 Å². The Labute approximate surface area is 531 Å². The van der Waals surface area contributed by atoms with Crippen molar-refractivity contribution in [3.63, 3.8) is 0 Å². The van der Waals surface area contributed by atoms with Crippen LogP contribution in [0.25, 0.3) is 117 Å². The minimum Gasteiger partial charge on any atom is -0.264 e. The molecule has 1 aliphatic rings. The fourth-order valence-electron chi connectivity index (χ4n) is 9.90. The molecule has 15 rings (SSSR count). The summed E-state index contributed by atoms with van der Waals surface area (Å²) in [5.74, 6) is 0. The van der Waals surface area contributed by atoms with E-state index in [0.29, 0.717) is 57.8 Å². The predicted octanol–water partition coefficient (Wildman–Crippen LogP) is 16.3. The molecule has 0 fully saturated rings. The summed E-state index contributed by atoms with van der Waals surface area (Å²) in [5.41, 5.74) is 15.2. The molecule has 0 unspecified atom stereocenters. The van der Waals surface area contributed by atoms with Crippen molar-refractivity contribution < 1.29 is 0 Å². The zero-order valence-corrected chi connectivity index (χ0v) is 51.7. The topological polar surface area (TPSA) is 187 Å². The van der Waals surface area contributed by atoms with Crippen LogP contribution in [-0.2, 0) is 28.2 Å². The van der Waals surface area contributed by atoms with Gasteiger partial charge in [-0.25, -0.2) is 18.7 Å². The van der Waals surface area contributed by atoms with Crippen molar-refractivity contribution in [2.75, 3.05) is 0 Å². The molecule has 0 atom stereocenters. The van der Waals surface area contributed by atoms with Gasteiger partial charge in [-0.2, -0.15) is 31.7 Å². The Morgan fingerprint density at radius 3 is 1.15 bits per heavy atom. The monoisotopic (exact) mass is 1340 g/mol. The molecule has 0 N–H and O–H groups in total. The average Bonchev–Trinajstić information content (AvgIpc) is 2.56. The Morgan fingerprint density at radius 2 is 0.779 bits per heavy atom. The van der Waals surface area contributed by atoms with Crippen LogP contribution in [0.15, 0.2) is 169 Å².